The van der Waals surface area contributed by atoms with Gasteiger partial charge in [-0.1, -0.05) is 12.8 Å². The largest absolute Gasteiger partial charge is 1.00 e. The van der Waals surface area contributed by atoms with E-state index >= 15 is 0 Å². The van der Waals surface area contributed by atoms with Gasteiger partial charge in [0.25, 0.3) is 0 Å². The zero-order chi connectivity index (χ0) is 10.3. The molecule has 14 heavy (non-hydrogen) atoms. The molecule has 0 aliphatic carbocycles. The van der Waals surface area contributed by atoms with Crippen molar-refractivity contribution >= 4 is 10.1 Å². The smallest absolute Gasteiger partial charge is 0.748 e. The third kappa shape index (κ3) is 15.3. The minimum Gasteiger partial charge on any atom is -0.748 e. The number of hydrogen-bond donors (Lipinski definition) is 0. The Morgan fingerprint density at radius 1 is 1.07 bits per heavy atom. The van der Waals surface area contributed by atoms with Gasteiger partial charge in [0.15, 0.2) is 0 Å². The number of hydrogen-bond acceptors (Lipinski definition) is 3. The van der Waals surface area contributed by atoms with Gasteiger partial charge in [0.05, 0.1) is 10.1 Å². The minimum atomic E-state index is -4.13. The number of unbranched alkanes of at least 4 members (excludes halogenated alkanes) is 3. The summed E-state index contributed by atoms with van der Waals surface area (Å²) >= 11 is 0. The van der Waals surface area contributed by atoms with Crippen LogP contribution in [0.15, 0.2) is 0 Å². The van der Waals surface area contributed by atoms with E-state index in [4.69, 9.17) is 0 Å². The van der Waals surface area contributed by atoms with Crippen molar-refractivity contribution in [3.8, 4) is 0 Å². The van der Waals surface area contributed by atoms with Gasteiger partial charge < -0.3 is 4.55 Å². The third-order valence-electron chi connectivity index (χ3n) is 1.57. The van der Waals surface area contributed by atoms with Crippen LogP contribution in [-0.2, 0) is 10.1 Å². The molecule has 0 aromatic rings. The number of alkyl halides is 2. The maximum absolute atomic E-state index is 11.6. The molecule has 0 aromatic heterocycles. The second kappa shape index (κ2) is 9.03. The van der Waals surface area contributed by atoms with E-state index in [-0.39, 0.29) is 48.2 Å². The first-order valence-electron chi connectivity index (χ1n) is 4.13. The molecule has 0 N–H and O–H groups in total. The molecule has 0 unspecified atom stereocenters. The van der Waals surface area contributed by atoms with Crippen LogP contribution in [0.25, 0.3) is 0 Å². The number of rotatable bonds is 7. The fraction of sp³-hybridized carbons (Fsp3) is 1.00. The second-order valence-corrected chi connectivity index (χ2v) is 4.38. The van der Waals surface area contributed by atoms with Crippen molar-refractivity contribution in [2.45, 2.75) is 38.5 Å². The molecular formula is C7H13F2NaO3S. The molecule has 0 atom stereocenters. The Bertz CT molecular complexity index is 219. The van der Waals surface area contributed by atoms with Crippen molar-refractivity contribution < 1.29 is 51.3 Å². The summed E-state index contributed by atoms with van der Waals surface area (Å²) in [5.74, 6) is -0.387. The molecule has 3 nitrogen and oxygen atoms in total. The second-order valence-electron chi connectivity index (χ2n) is 2.86. The summed E-state index contributed by atoms with van der Waals surface area (Å²) < 4.78 is 53.5. The molecule has 7 heteroatoms. The van der Waals surface area contributed by atoms with Crippen molar-refractivity contribution in [3.05, 3.63) is 0 Å². The van der Waals surface area contributed by atoms with Crippen LogP contribution < -0.4 is 29.6 Å². The maximum Gasteiger partial charge on any atom is 1.00 e. The molecular weight excluding hydrogens is 225 g/mol. The van der Waals surface area contributed by atoms with Crippen molar-refractivity contribution in [1.29, 1.82) is 0 Å². The van der Waals surface area contributed by atoms with Crippen LogP contribution in [0.2, 0.25) is 0 Å². The van der Waals surface area contributed by atoms with Crippen LogP contribution >= 0.6 is 0 Å². The zero-order valence-corrected chi connectivity index (χ0v) is 11.0. The standard InChI is InChI=1S/C7H14F2O3S.Na/c8-7(9)5-3-1-2-4-6-13(10,11)12;/h7H,1-6H2,(H,10,11,12);/q;+1/p-1. The van der Waals surface area contributed by atoms with Gasteiger partial charge in [-0.15, -0.1) is 0 Å². The first-order chi connectivity index (χ1) is 5.92. The molecule has 0 saturated carbocycles. The summed E-state index contributed by atoms with van der Waals surface area (Å²) in [4.78, 5) is 0. The Morgan fingerprint density at radius 3 is 2.00 bits per heavy atom. The molecule has 0 aromatic carbocycles. The zero-order valence-electron chi connectivity index (χ0n) is 8.21. The van der Waals surface area contributed by atoms with E-state index in [0.717, 1.165) is 0 Å². The van der Waals surface area contributed by atoms with E-state index in [1.807, 2.05) is 0 Å². The predicted molar refractivity (Wildman–Crippen MR) is 43.7 cm³/mol. The molecule has 0 amide bonds. The molecule has 0 saturated heterocycles. The number of halogens is 2. The van der Waals surface area contributed by atoms with Crippen molar-refractivity contribution in [1.82, 2.24) is 0 Å². The van der Waals surface area contributed by atoms with Gasteiger partial charge in [-0.25, -0.2) is 17.2 Å². The van der Waals surface area contributed by atoms with Gasteiger partial charge in [-0.3, -0.25) is 0 Å². The fourth-order valence-corrected chi connectivity index (χ4v) is 1.49. The Kier molecular flexibility index (Phi) is 11.1. The van der Waals surface area contributed by atoms with Crippen LogP contribution in [-0.4, -0.2) is 25.1 Å². The van der Waals surface area contributed by atoms with Gasteiger partial charge in [-0.05, 0) is 12.8 Å². The molecule has 0 radical (unpaired) electrons. The Morgan fingerprint density at radius 2 is 1.57 bits per heavy atom. The molecule has 0 rings (SSSR count). The molecule has 0 aliphatic rings. The summed E-state index contributed by atoms with van der Waals surface area (Å²) in [5, 5.41) is 0. The van der Waals surface area contributed by atoms with Crippen LogP contribution in [0.5, 0.6) is 0 Å². The van der Waals surface area contributed by atoms with Gasteiger partial charge in [0, 0.05) is 12.2 Å². The average molecular weight is 238 g/mol. The van der Waals surface area contributed by atoms with Gasteiger partial charge >= 0.3 is 29.6 Å². The van der Waals surface area contributed by atoms with E-state index < -0.39 is 16.5 Å². The maximum atomic E-state index is 11.6. The van der Waals surface area contributed by atoms with Crippen LogP contribution in [0.3, 0.4) is 0 Å². The topological polar surface area (TPSA) is 57.2 Å². The summed E-state index contributed by atoms with van der Waals surface area (Å²) in [5.41, 5.74) is 0. The van der Waals surface area contributed by atoms with Crippen molar-refractivity contribution in [3.63, 3.8) is 0 Å². The molecule has 0 aliphatic heterocycles. The van der Waals surface area contributed by atoms with Gasteiger partial charge in [0.1, 0.15) is 0 Å². The Labute approximate surface area is 105 Å². The molecule has 0 fully saturated rings. The summed E-state index contributed by atoms with van der Waals surface area (Å²) in [6, 6.07) is 0. The van der Waals surface area contributed by atoms with E-state index in [1.54, 1.807) is 0 Å². The Hall–Kier alpha value is 0.770. The summed E-state index contributed by atoms with van der Waals surface area (Å²) in [6.45, 7) is 0. The monoisotopic (exact) mass is 238 g/mol. The summed E-state index contributed by atoms with van der Waals surface area (Å²) in [7, 11) is -4.13. The fourth-order valence-electron chi connectivity index (χ4n) is 0.931. The SMILES string of the molecule is O=S(=O)([O-])CCCCCCC(F)F.[Na+]. The van der Waals surface area contributed by atoms with E-state index in [0.29, 0.717) is 19.3 Å². The van der Waals surface area contributed by atoms with Crippen LogP contribution in [0, 0.1) is 0 Å². The average Bonchev–Trinajstić information content (AvgIpc) is 1.93. The minimum absolute atomic E-state index is 0. The third-order valence-corrected chi connectivity index (χ3v) is 2.36. The molecule has 0 bridgehead atoms. The van der Waals surface area contributed by atoms with Crippen LogP contribution in [0.1, 0.15) is 32.1 Å². The van der Waals surface area contributed by atoms with Gasteiger partial charge in [0.2, 0.25) is 6.43 Å². The summed E-state index contributed by atoms with van der Waals surface area (Å²) in [6.07, 6.45) is -0.702. The first kappa shape index (κ1) is 17.2. The molecule has 0 spiro atoms. The predicted octanol–water partition coefficient (Wildman–Crippen LogP) is -1.25. The quantitative estimate of drug-likeness (QED) is 0.316. The van der Waals surface area contributed by atoms with Crippen molar-refractivity contribution in [2.75, 3.05) is 5.75 Å². The van der Waals surface area contributed by atoms with E-state index in [9.17, 15) is 21.8 Å². The van der Waals surface area contributed by atoms with E-state index in [2.05, 4.69) is 0 Å². The van der Waals surface area contributed by atoms with Crippen LogP contribution in [0.4, 0.5) is 8.78 Å². The molecule has 0 heterocycles. The Balaban J connectivity index is 0. The first-order valence-corrected chi connectivity index (χ1v) is 5.71. The normalized spacial score (nSPS) is 11.4. The van der Waals surface area contributed by atoms with Crippen molar-refractivity contribution in [2.24, 2.45) is 0 Å². The van der Waals surface area contributed by atoms with Gasteiger partial charge in [-0.2, -0.15) is 0 Å². The molecule has 80 valence electrons. The van der Waals surface area contributed by atoms with E-state index in [1.165, 1.54) is 0 Å².